The number of pyridine rings is 1. The highest BCUT2D eigenvalue weighted by molar-refractivity contribution is 5.96. The first-order chi connectivity index (χ1) is 11.0. The van der Waals surface area contributed by atoms with Gasteiger partial charge >= 0.3 is 0 Å². The minimum Gasteiger partial charge on any atom is -0.497 e. The second-order valence-corrected chi connectivity index (χ2v) is 5.57. The smallest absolute Gasteiger partial charge is 0.232 e. The maximum atomic E-state index is 12.7. The highest BCUT2D eigenvalue weighted by Gasteiger charge is 2.24. The average molecular weight is 314 g/mol. The van der Waals surface area contributed by atoms with Crippen molar-refractivity contribution in [3.8, 4) is 11.6 Å². The fraction of sp³-hybridized carbons (Fsp3) is 0.333. The number of rotatable bonds is 6. The fourth-order valence-corrected chi connectivity index (χ4v) is 2.45. The van der Waals surface area contributed by atoms with Gasteiger partial charge in [-0.25, -0.2) is 4.98 Å². The summed E-state index contributed by atoms with van der Waals surface area (Å²) in [6, 6.07) is 11.1. The molecule has 0 aliphatic carbocycles. The molecule has 122 valence electrons. The molecule has 2 rings (SSSR count). The number of ether oxygens (including phenoxy) is 2. The molecule has 0 aliphatic heterocycles. The summed E-state index contributed by atoms with van der Waals surface area (Å²) in [4.78, 5) is 16.8. The number of nitrogens with one attached hydrogen (secondary N) is 1. The Balaban J connectivity index is 2.16. The van der Waals surface area contributed by atoms with E-state index in [9.17, 15) is 4.79 Å². The van der Waals surface area contributed by atoms with Crippen molar-refractivity contribution in [1.29, 1.82) is 0 Å². The van der Waals surface area contributed by atoms with Gasteiger partial charge in [-0.3, -0.25) is 4.79 Å². The van der Waals surface area contributed by atoms with Crippen molar-refractivity contribution in [3.63, 3.8) is 0 Å². The molecule has 0 saturated carbocycles. The molecule has 0 aliphatic rings. The molecule has 0 bridgehead atoms. The Kier molecular flexibility index (Phi) is 5.57. The normalized spacial score (nSPS) is 11.9. The molecule has 1 amide bonds. The molecule has 1 aromatic heterocycles. The lowest BCUT2D eigenvalue weighted by Crippen LogP contribution is -2.25. The van der Waals surface area contributed by atoms with Crippen LogP contribution in [0.25, 0.3) is 0 Å². The number of amides is 1. The predicted octanol–water partition coefficient (Wildman–Crippen LogP) is 3.48. The Morgan fingerprint density at radius 3 is 2.22 bits per heavy atom. The Morgan fingerprint density at radius 1 is 1.04 bits per heavy atom. The fourth-order valence-electron chi connectivity index (χ4n) is 2.45. The zero-order valence-electron chi connectivity index (χ0n) is 13.9. The summed E-state index contributed by atoms with van der Waals surface area (Å²) in [5, 5.41) is 2.91. The number of anilines is 1. The van der Waals surface area contributed by atoms with Gasteiger partial charge in [0.1, 0.15) is 5.75 Å². The van der Waals surface area contributed by atoms with E-state index in [0.29, 0.717) is 11.6 Å². The van der Waals surface area contributed by atoms with Crippen LogP contribution in [-0.2, 0) is 4.79 Å². The number of carbonyl (C=O) groups excluding carboxylic acids is 1. The lowest BCUT2D eigenvalue weighted by atomic mass is 9.87. The van der Waals surface area contributed by atoms with Crippen LogP contribution < -0.4 is 14.8 Å². The lowest BCUT2D eigenvalue weighted by molar-refractivity contribution is -0.118. The molecule has 1 unspecified atom stereocenters. The van der Waals surface area contributed by atoms with Crippen molar-refractivity contribution in [1.82, 2.24) is 4.98 Å². The van der Waals surface area contributed by atoms with Crippen molar-refractivity contribution < 1.29 is 14.3 Å². The molecule has 0 spiro atoms. The second kappa shape index (κ2) is 7.63. The molecule has 0 fully saturated rings. The van der Waals surface area contributed by atoms with Crippen molar-refractivity contribution in [2.24, 2.45) is 5.92 Å². The first-order valence-electron chi connectivity index (χ1n) is 7.50. The summed E-state index contributed by atoms with van der Waals surface area (Å²) in [6.07, 6.45) is 1.59. The molecule has 1 aromatic carbocycles. The van der Waals surface area contributed by atoms with E-state index in [1.807, 2.05) is 38.1 Å². The highest BCUT2D eigenvalue weighted by atomic mass is 16.5. The molecular formula is C18H22N2O3. The number of hydrogen-bond acceptors (Lipinski definition) is 4. The van der Waals surface area contributed by atoms with E-state index < -0.39 is 0 Å². The Hall–Kier alpha value is -2.56. The van der Waals surface area contributed by atoms with E-state index in [-0.39, 0.29) is 17.7 Å². The monoisotopic (exact) mass is 314 g/mol. The van der Waals surface area contributed by atoms with Gasteiger partial charge in [-0.15, -0.1) is 0 Å². The number of nitrogens with zero attached hydrogens (tertiary/aromatic N) is 1. The minimum atomic E-state index is -0.247. The largest absolute Gasteiger partial charge is 0.497 e. The van der Waals surface area contributed by atoms with Gasteiger partial charge in [0.2, 0.25) is 11.8 Å². The maximum absolute atomic E-state index is 12.7. The molecule has 1 N–H and O–H groups in total. The average Bonchev–Trinajstić information content (AvgIpc) is 2.56. The molecule has 1 heterocycles. The van der Waals surface area contributed by atoms with Gasteiger partial charge in [0, 0.05) is 6.07 Å². The number of hydrogen-bond donors (Lipinski definition) is 1. The van der Waals surface area contributed by atoms with Gasteiger partial charge in [0.05, 0.1) is 32.0 Å². The van der Waals surface area contributed by atoms with E-state index >= 15 is 0 Å². The first-order valence-corrected chi connectivity index (χ1v) is 7.50. The quantitative estimate of drug-likeness (QED) is 0.887. The Labute approximate surface area is 136 Å². The Bertz CT molecular complexity index is 636. The van der Waals surface area contributed by atoms with Crippen LogP contribution in [0.3, 0.4) is 0 Å². The maximum Gasteiger partial charge on any atom is 0.232 e. The first kappa shape index (κ1) is 16.8. The van der Waals surface area contributed by atoms with Crippen LogP contribution in [0.1, 0.15) is 25.3 Å². The molecule has 0 saturated heterocycles. The van der Waals surface area contributed by atoms with Crippen LogP contribution in [0.15, 0.2) is 42.6 Å². The van der Waals surface area contributed by atoms with Crippen molar-refractivity contribution in [3.05, 3.63) is 48.2 Å². The van der Waals surface area contributed by atoms with Gasteiger partial charge < -0.3 is 14.8 Å². The van der Waals surface area contributed by atoms with E-state index in [0.717, 1.165) is 11.3 Å². The molecule has 5 nitrogen and oxygen atoms in total. The van der Waals surface area contributed by atoms with Gasteiger partial charge in [0.15, 0.2) is 0 Å². The van der Waals surface area contributed by atoms with Gasteiger partial charge in [-0.2, -0.15) is 0 Å². The van der Waals surface area contributed by atoms with Crippen LogP contribution in [0.2, 0.25) is 0 Å². The van der Waals surface area contributed by atoms with Crippen LogP contribution in [0.4, 0.5) is 5.69 Å². The summed E-state index contributed by atoms with van der Waals surface area (Å²) >= 11 is 0. The summed E-state index contributed by atoms with van der Waals surface area (Å²) in [5.41, 5.74) is 1.61. The van der Waals surface area contributed by atoms with E-state index in [4.69, 9.17) is 9.47 Å². The highest BCUT2D eigenvalue weighted by Crippen LogP contribution is 2.27. The van der Waals surface area contributed by atoms with Crippen LogP contribution in [0.5, 0.6) is 11.6 Å². The van der Waals surface area contributed by atoms with Crippen LogP contribution in [-0.4, -0.2) is 25.1 Å². The SMILES string of the molecule is COc1ccc(C(C(=O)Nc2ccc(OC)nc2)C(C)C)cc1. The number of carbonyl (C=O) groups is 1. The van der Waals surface area contributed by atoms with Gasteiger partial charge in [0.25, 0.3) is 0 Å². The second-order valence-electron chi connectivity index (χ2n) is 5.57. The zero-order chi connectivity index (χ0) is 16.8. The summed E-state index contributed by atoms with van der Waals surface area (Å²) in [5.74, 6) is 1.14. The number of methoxy groups -OCH3 is 2. The zero-order valence-corrected chi connectivity index (χ0v) is 13.9. The van der Waals surface area contributed by atoms with Gasteiger partial charge in [-0.1, -0.05) is 26.0 Å². The minimum absolute atomic E-state index is 0.0582. The van der Waals surface area contributed by atoms with Crippen LogP contribution >= 0.6 is 0 Å². The van der Waals surface area contributed by atoms with E-state index in [2.05, 4.69) is 10.3 Å². The summed E-state index contributed by atoms with van der Waals surface area (Å²) in [6.45, 7) is 4.06. The summed E-state index contributed by atoms with van der Waals surface area (Å²) in [7, 11) is 3.18. The van der Waals surface area contributed by atoms with E-state index in [1.165, 1.54) is 0 Å². The van der Waals surface area contributed by atoms with Gasteiger partial charge in [-0.05, 0) is 29.7 Å². The number of aromatic nitrogens is 1. The Morgan fingerprint density at radius 2 is 1.74 bits per heavy atom. The molecular weight excluding hydrogens is 292 g/mol. The summed E-state index contributed by atoms with van der Waals surface area (Å²) < 4.78 is 10.2. The van der Waals surface area contributed by atoms with Crippen LogP contribution in [0, 0.1) is 5.92 Å². The van der Waals surface area contributed by atoms with Crippen molar-refractivity contribution >= 4 is 11.6 Å². The van der Waals surface area contributed by atoms with E-state index in [1.54, 1.807) is 32.5 Å². The standard InChI is InChI=1S/C18H22N2O3/c1-12(2)17(13-5-8-15(22-3)9-6-13)18(21)20-14-7-10-16(23-4)19-11-14/h5-12,17H,1-4H3,(H,20,21). The van der Waals surface area contributed by atoms with Crippen molar-refractivity contribution in [2.75, 3.05) is 19.5 Å². The van der Waals surface area contributed by atoms with Crippen molar-refractivity contribution in [2.45, 2.75) is 19.8 Å². The predicted molar refractivity (Wildman–Crippen MR) is 90.0 cm³/mol. The molecule has 5 heteroatoms. The number of benzene rings is 1. The topological polar surface area (TPSA) is 60.5 Å². The molecule has 1 atom stereocenters. The third kappa shape index (κ3) is 4.22. The third-order valence-electron chi connectivity index (χ3n) is 3.64. The lowest BCUT2D eigenvalue weighted by Gasteiger charge is -2.21. The third-order valence-corrected chi connectivity index (χ3v) is 3.64. The molecule has 0 radical (unpaired) electrons. The molecule has 2 aromatic rings. The molecule has 23 heavy (non-hydrogen) atoms.